The number of hydrogen-bond donors (Lipinski definition) is 1. The Morgan fingerprint density at radius 2 is 1.61 bits per heavy atom. The SMILES string of the molecule is Cc1cc(NSc2ccc(/C=C/c3ccc(F)cc3)cc2)no1. The lowest BCUT2D eigenvalue weighted by Crippen LogP contribution is -1.86. The molecule has 0 saturated heterocycles. The Morgan fingerprint density at radius 1 is 1.00 bits per heavy atom. The van der Waals surface area contributed by atoms with Crippen molar-refractivity contribution < 1.29 is 8.91 Å². The van der Waals surface area contributed by atoms with Crippen molar-refractivity contribution in [2.75, 3.05) is 4.72 Å². The molecule has 0 radical (unpaired) electrons. The molecule has 0 atom stereocenters. The second-order valence-electron chi connectivity index (χ2n) is 4.98. The van der Waals surface area contributed by atoms with Crippen molar-refractivity contribution in [1.29, 1.82) is 0 Å². The van der Waals surface area contributed by atoms with Crippen LogP contribution in [0.4, 0.5) is 10.2 Å². The summed E-state index contributed by atoms with van der Waals surface area (Å²) in [5.41, 5.74) is 2.05. The number of aromatic nitrogens is 1. The van der Waals surface area contributed by atoms with Crippen molar-refractivity contribution in [3.05, 3.63) is 77.3 Å². The minimum absolute atomic E-state index is 0.224. The van der Waals surface area contributed by atoms with Gasteiger partial charge in [-0.1, -0.05) is 41.6 Å². The van der Waals surface area contributed by atoms with Crippen molar-refractivity contribution in [1.82, 2.24) is 5.16 Å². The van der Waals surface area contributed by atoms with Gasteiger partial charge in [0.05, 0.1) is 0 Å². The van der Waals surface area contributed by atoms with Crippen LogP contribution >= 0.6 is 11.9 Å². The number of hydrogen-bond acceptors (Lipinski definition) is 4. The van der Waals surface area contributed by atoms with Crippen LogP contribution in [0.15, 0.2) is 64.0 Å². The summed E-state index contributed by atoms with van der Waals surface area (Å²) in [4.78, 5) is 1.07. The van der Waals surface area contributed by atoms with Gasteiger partial charge in [-0.2, -0.15) is 0 Å². The largest absolute Gasteiger partial charge is 0.360 e. The lowest BCUT2D eigenvalue weighted by Gasteiger charge is -2.02. The zero-order valence-electron chi connectivity index (χ0n) is 12.5. The molecule has 0 amide bonds. The zero-order valence-corrected chi connectivity index (χ0v) is 13.3. The van der Waals surface area contributed by atoms with E-state index in [-0.39, 0.29) is 5.82 Å². The third-order valence-corrected chi connectivity index (χ3v) is 3.94. The van der Waals surface area contributed by atoms with Crippen molar-refractivity contribution in [2.24, 2.45) is 0 Å². The molecular formula is C18H15FN2OS. The second-order valence-corrected chi connectivity index (χ2v) is 5.86. The molecule has 3 aromatic rings. The molecule has 1 N–H and O–H groups in total. The van der Waals surface area contributed by atoms with Gasteiger partial charge in [-0.25, -0.2) is 4.39 Å². The molecule has 2 aromatic carbocycles. The van der Waals surface area contributed by atoms with Gasteiger partial charge in [0.1, 0.15) is 11.6 Å². The van der Waals surface area contributed by atoms with E-state index < -0.39 is 0 Å². The highest BCUT2D eigenvalue weighted by Gasteiger charge is 2.00. The number of rotatable bonds is 5. The zero-order chi connectivity index (χ0) is 16.1. The average molecular weight is 326 g/mol. The Bertz CT molecular complexity index is 795. The Kier molecular flexibility index (Phi) is 4.78. The first-order valence-corrected chi connectivity index (χ1v) is 7.90. The summed E-state index contributed by atoms with van der Waals surface area (Å²) in [6.07, 6.45) is 3.95. The molecule has 5 heteroatoms. The van der Waals surface area contributed by atoms with E-state index in [1.807, 2.05) is 49.4 Å². The maximum Gasteiger partial charge on any atom is 0.179 e. The lowest BCUT2D eigenvalue weighted by molar-refractivity contribution is 0.400. The highest BCUT2D eigenvalue weighted by Crippen LogP contribution is 2.21. The number of nitrogens with one attached hydrogen (secondary N) is 1. The molecule has 0 saturated carbocycles. The molecule has 0 fully saturated rings. The smallest absolute Gasteiger partial charge is 0.179 e. The predicted molar refractivity (Wildman–Crippen MR) is 92.5 cm³/mol. The van der Waals surface area contributed by atoms with Crippen LogP contribution in [0.2, 0.25) is 0 Å². The van der Waals surface area contributed by atoms with E-state index in [1.165, 1.54) is 24.1 Å². The van der Waals surface area contributed by atoms with Crippen LogP contribution < -0.4 is 4.72 Å². The minimum atomic E-state index is -0.224. The van der Waals surface area contributed by atoms with Crippen LogP contribution in [0.3, 0.4) is 0 Å². The molecular weight excluding hydrogens is 311 g/mol. The van der Waals surface area contributed by atoms with Crippen LogP contribution in [0.5, 0.6) is 0 Å². The standard InChI is InChI=1S/C18H15FN2OS/c1-13-12-18(20-22-13)21-23-17-10-6-15(7-11-17)3-2-14-4-8-16(19)9-5-14/h2-12H,1H3,(H,20,21)/b3-2+. The van der Waals surface area contributed by atoms with Gasteiger partial charge in [0, 0.05) is 11.0 Å². The van der Waals surface area contributed by atoms with E-state index >= 15 is 0 Å². The molecule has 1 aromatic heterocycles. The molecule has 0 aliphatic carbocycles. The van der Waals surface area contributed by atoms with Crippen molar-refractivity contribution >= 4 is 29.9 Å². The molecule has 1 heterocycles. The maximum absolute atomic E-state index is 12.8. The van der Waals surface area contributed by atoms with Crippen molar-refractivity contribution in [3.8, 4) is 0 Å². The van der Waals surface area contributed by atoms with E-state index in [2.05, 4.69) is 9.88 Å². The Labute approximate surface area is 138 Å². The topological polar surface area (TPSA) is 38.1 Å². The second kappa shape index (κ2) is 7.15. The van der Waals surface area contributed by atoms with Crippen LogP contribution in [-0.4, -0.2) is 5.16 Å². The molecule has 3 nitrogen and oxygen atoms in total. The van der Waals surface area contributed by atoms with Gasteiger partial charge >= 0.3 is 0 Å². The summed E-state index contributed by atoms with van der Waals surface area (Å²) in [6, 6.07) is 16.3. The molecule has 23 heavy (non-hydrogen) atoms. The normalized spacial score (nSPS) is 11.0. The van der Waals surface area contributed by atoms with Gasteiger partial charge in [0.15, 0.2) is 5.82 Å². The molecule has 0 aliphatic heterocycles. The van der Waals surface area contributed by atoms with E-state index in [0.29, 0.717) is 5.82 Å². The fourth-order valence-corrected chi connectivity index (χ4v) is 2.53. The van der Waals surface area contributed by atoms with E-state index in [1.54, 1.807) is 12.1 Å². The quantitative estimate of drug-likeness (QED) is 0.502. The summed E-state index contributed by atoms with van der Waals surface area (Å²) in [5, 5.41) is 3.87. The molecule has 116 valence electrons. The highest BCUT2D eigenvalue weighted by atomic mass is 32.2. The van der Waals surface area contributed by atoms with Gasteiger partial charge in [-0.05, 0) is 54.3 Å². The summed E-state index contributed by atoms with van der Waals surface area (Å²) in [6.45, 7) is 1.85. The maximum atomic E-state index is 12.8. The van der Waals surface area contributed by atoms with Crippen LogP contribution in [0.25, 0.3) is 12.2 Å². The summed E-state index contributed by atoms with van der Waals surface area (Å²) < 4.78 is 21.0. The average Bonchev–Trinajstić information content (AvgIpc) is 2.99. The Balaban J connectivity index is 1.59. The first kappa shape index (κ1) is 15.4. The van der Waals surface area contributed by atoms with Gasteiger partial charge in [0.2, 0.25) is 0 Å². The monoisotopic (exact) mass is 326 g/mol. The number of nitrogens with zero attached hydrogens (tertiary/aromatic N) is 1. The number of halogens is 1. The third-order valence-electron chi connectivity index (χ3n) is 3.12. The number of benzene rings is 2. The van der Waals surface area contributed by atoms with E-state index in [4.69, 9.17) is 4.52 Å². The van der Waals surface area contributed by atoms with Crippen LogP contribution in [0.1, 0.15) is 16.9 Å². The molecule has 0 spiro atoms. The van der Waals surface area contributed by atoms with E-state index in [9.17, 15) is 4.39 Å². The lowest BCUT2D eigenvalue weighted by atomic mass is 10.1. The Hall–Kier alpha value is -2.53. The third kappa shape index (κ3) is 4.47. The molecule has 0 aliphatic rings. The molecule has 0 bridgehead atoms. The first-order chi connectivity index (χ1) is 11.2. The first-order valence-electron chi connectivity index (χ1n) is 7.09. The van der Waals surface area contributed by atoms with Crippen molar-refractivity contribution in [3.63, 3.8) is 0 Å². The highest BCUT2D eigenvalue weighted by molar-refractivity contribution is 8.00. The van der Waals surface area contributed by atoms with Crippen molar-refractivity contribution in [2.45, 2.75) is 11.8 Å². The fraction of sp³-hybridized carbons (Fsp3) is 0.0556. The minimum Gasteiger partial charge on any atom is -0.360 e. The van der Waals surface area contributed by atoms with Crippen LogP contribution in [-0.2, 0) is 0 Å². The Morgan fingerprint density at radius 3 is 2.17 bits per heavy atom. The molecule has 3 rings (SSSR count). The molecule has 0 unspecified atom stereocenters. The van der Waals surface area contributed by atoms with Gasteiger partial charge in [-0.15, -0.1) is 0 Å². The number of anilines is 1. The predicted octanol–water partition coefficient (Wildman–Crippen LogP) is 5.41. The van der Waals surface area contributed by atoms with Gasteiger partial charge in [0.25, 0.3) is 0 Å². The van der Waals surface area contributed by atoms with Gasteiger partial charge in [-0.3, -0.25) is 0 Å². The van der Waals surface area contributed by atoms with E-state index in [0.717, 1.165) is 21.8 Å². The summed E-state index contributed by atoms with van der Waals surface area (Å²) >= 11 is 1.47. The number of aryl methyl sites for hydroxylation is 1. The van der Waals surface area contributed by atoms with Crippen LogP contribution in [0, 0.1) is 12.7 Å². The fourth-order valence-electron chi connectivity index (χ4n) is 1.94. The van der Waals surface area contributed by atoms with Gasteiger partial charge < -0.3 is 9.25 Å². The summed E-state index contributed by atoms with van der Waals surface area (Å²) in [5.74, 6) is 1.25. The summed E-state index contributed by atoms with van der Waals surface area (Å²) in [7, 11) is 0.